The van der Waals surface area contributed by atoms with Crippen molar-refractivity contribution in [2.75, 3.05) is 24.6 Å². The van der Waals surface area contributed by atoms with Crippen LogP contribution in [0.4, 0.5) is 13.2 Å². The van der Waals surface area contributed by atoms with Crippen LogP contribution in [0.2, 0.25) is 0 Å². The molecule has 1 N–H and O–H groups in total. The molecule has 0 radical (unpaired) electrons. The van der Waals surface area contributed by atoms with Gasteiger partial charge in [-0.15, -0.1) is 11.8 Å². The fourth-order valence-electron chi connectivity index (χ4n) is 2.64. The lowest BCUT2D eigenvalue weighted by Gasteiger charge is -2.16. The van der Waals surface area contributed by atoms with Crippen LogP contribution in [0.1, 0.15) is 11.5 Å². The normalized spacial score (nSPS) is 21.4. The Kier molecular flexibility index (Phi) is 5.56. The maximum absolute atomic E-state index is 12.1. The highest BCUT2D eigenvalue weighted by molar-refractivity contribution is 8.00. The molecule has 126 valence electrons. The molecule has 4 nitrogen and oxygen atoms in total. The number of carbonyl (C=O) groups is 2. The topological polar surface area (TPSA) is 57.6 Å². The van der Waals surface area contributed by atoms with Crippen molar-refractivity contribution in [2.24, 2.45) is 5.92 Å². The van der Waals surface area contributed by atoms with Crippen molar-refractivity contribution >= 4 is 23.6 Å². The van der Waals surface area contributed by atoms with Crippen molar-refractivity contribution in [3.63, 3.8) is 0 Å². The summed E-state index contributed by atoms with van der Waals surface area (Å²) >= 11 is 0.498. The average Bonchev–Trinajstić information content (AvgIpc) is 2.92. The van der Waals surface area contributed by atoms with Gasteiger partial charge >= 0.3 is 12.1 Å². The molecule has 1 heterocycles. The molecule has 0 unspecified atom stereocenters. The van der Waals surface area contributed by atoms with Crippen molar-refractivity contribution in [3.05, 3.63) is 35.9 Å². The molecular weight excluding hydrogens is 331 g/mol. The van der Waals surface area contributed by atoms with E-state index in [0.29, 0.717) is 11.8 Å². The van der Waals surface area contributed by atoms with E-state index in [0.717, 1.165) is 5.56 Å². The Hall–Kier alpha value is -1.70. The van der Waals surface area contributed by atoms with Gasteiger partial charge in [0, 0.05) is 19.0 Å². The van der Waals surface area contributed by atoms with Crippen LogP contribution in [0.3, 0.4) is 0 Å². The molecule has 1 aliphatic heterocycles. The first-order valence-electron chi connectivity index (χ1n) is 6.98. The van der Waals surface area contributed by atoms with Crippen LogP contribution in [0.25, 0.3) is 0 Å². The van der Waals surface area contributed by atoms with Crippen LogP contribution in [0, 0.1) is 5.92 Å². The molecule has 0 spiro atoms. The van der Waals surface area contributed by atoms with Gasteiger partial charge in [0.1, 0.15) is 0 Å². The molecule has 1 aromatic rings. The molecule has 0 aliphatic carbocycles. The highest BCUT2D eigenvalue weighted by Crippen LogP contribution is 2.33. The van der Waals surface area contributed by atoms with E-state index in [1.54, 1.807) is 24.3 Å². The lowest BCUT2D eigenvalue weighted by molar-refractivity contribution is -0.141. The Balaban J connectivity index is 2.00. The van der Waals surface area contributed by atoms with Gasteiger partial charge in [0.05, 0.1) is 17.4 Å². The molecule has 1 aromatic carbocycles. The summed E-state index contributed by atoms with van der Waals surface area (Å²) in [5, 5.41) is 9.34. The highest BCUT2D eigenvalue weighted by Gasteiger charge is 2.40. The number of benzene rings is 1. The predicted molar refractivity (Wildman–Crippen MR) is 80.3 cm³/mol. The van der Waals surface area contributed by atoms with Gasteiger partial charge < -0.3 is 10.0 Å². The monoisotopic (exact) mass is 347 g/mol. The quantitative estimate of drug-likeness (QED) is 0.890. The number of amides is 1. The predicted octanol–water partition coefficient (Wildman–Crippen LogP) is 2.61. The summed E-state index contributed by atoms with van der Waals surface area (Å²) < 4.78 is 36.3. The van der Waals surface area contributed by atoms with Gasteiger partial charge in [0.15, 0.2) is 0 Å². The van der Waals surface area contributed by atoms with Crippen LogP contribution in [0.15, 0.2) is 30.3 Å². The maximum atomic E-state index is 12.1. The Labute approximate surface area is 135 Å². The number of nitrogens with zero attached hydrogens (tertiary/aromatic N) is 1. The van der Waals surface area contributed by atoms with Crippen molar-refractivity contribution < 1.29 is 27.9 Å². The lowest BCUT2D eigenvalue weighted by Crippen LogP contribution is -2.31. The second-order valence-electron chi connectivity index (χ2n) is 5.37. The maximum Gasteiger partial charge on any atom is 0.397 e. The van der Waals surface area contributed by atoms with Crippen LogP contribution >= 0.6 is 11.8 Å². The molecule has 8 heteroatoms. The zero-order valence-corrected chi connectivity index (χ0v) is 12.9. The molecule has 1 aliphatic rings. The standard InChI is InChI=1S/C15H16F3NO3S/c16-15(17,18)9-23-8-13(20)19-6-11(12(7-19)14(21)22)10-4-2-1-3-5-10/h1-5,11-12H,6-9H2,(H,21,22)/t11-,12-/m1/s1. The molecule has 2 rings (SSSR count). The average molecular weight is 347 g/mol. The van der Waals surface area contributed by atoms with Gasteiger partial charge in [-0.1, -0.05) is 30.3 Å². The molecule has 0 bridgehead atoms. The molecule has 1 fully saturated rings. The Bertz CT molecular complexity index is 565. The summed E-state index contributed by atoms with van der Waals surface area (Å²) in [7, 11) is 0. The number of hydrogen-bond donors (Lipinski definition) is 1. The molecule has 23 heavy (non-hydrogen) atoms. The second kappa shape index (κ2) is 7.25. The first kappa shape index (κ1) is 17.7. The number of halogens is 3. The minimum absolute atomic E-state index is 0.0281. The van der Waals surface area contributed by atoms with Crippen LogP contribution in [-0.4, -0.2) is 52.7 Å². The number of likely N-dealkylation sites (tertiary alicyclic amines) is 1. The molecule has 0 aromatic heterocycles. The molecule has 1 saturated heterocycles. The number of carboxylic acid groups (broad SMARTS) is 1. The summed E-state index contributed by atoms with van der Waals surface area (Å²) in [5.74, 6) is -3.93. The molecule has 0 saturated carbocycles. The van der Waals surface area contributed by atoms with E-state index in [1.807, 2.05) is 6.07 Å². The Morgan fingerprint density at radius 3 is 2.43 bits per heavy atom. The first-order valence-corrected chi connectivity index (χ1v) is 8.13. The smallest absolute Gasteiger partial charge is 0.397 e. The van der Waals surface area contributed by atoms with Crippen LogP contribution in [0.5, 0.6) is 0 Å². The minimum Gasteiger partial charge on any atom is -0.481 e. The van der Waals surface area contributed by atoms with E-state index < -0.39 is 29.7 Å². The third-order valence-corrected chi connectivity index (χ3v) is 4.69. The largest absolute Gasteiger partial charge is 0.481 e. The molecule has 2 atom stereocenters. The van der Waals surface area contributed by atoms with Gasteiger partial charge in [0.2, 0.25) is 5.91 Å². The Morgan fingerprint density at radius 1 is 1.22 bits per heavy atom. The summed E-state index contributed by atoms with van der Waals surface area (Å²) in [5.41, 5.74) is 0.818. The van der Waals surface area contributed by atoms with Crippen molar-refractivity contribution in [1.82, 2.24) is 4.90 Å². The van der Waals surface area contributed by atoms with E-state index in [-0.39, 0.29) is 24.8 Å². The van der Waals surface area contributed by atoms with Crippen LogP contribution in [-0.2, 0) is 9.59 Å². The lowest BCUT2D eigenvalue weighted by atomic mass is 9.89. The molecule has 1 amide bonds. The van der Waals surface area contributed by atoms with Crippen molar-refractivity contribution in [3.8, 4) is 0 Å². The van der Waals surface area contributed by atoms with E-state index in [4.69, 9.17) is 0 Å². The van der Waals surface area contributed by atoms with Gasteiger partial charge in [-0.05, 0) is 5.56 Å². The Morgan fingerprint density at radius 2 is 1.87 bits per heavy atom. The van der Waals surface area contributed by atoms with E-state index in [9.17, 15) is 27.9 Å². The number of thioether (sulfide) groups is 1. The zero-order valence-electron chi connectivity index (χ0n) is 12.1. The number of carbonyl (C=O) groups excluding carboxylic acids is 1. The fourth-order valence-corrected chi connectivity index (χ4v) is 3.33. The van der Waals surface area contributed by atoms with Gasteiger partial charge in [-0.3, -0.25) is 9.59 Å². The third-order valence-electron chi connectivity index (χ3n) is 3.71. The first-order chi connectivity index (χ1) is 10.8. The van der Waals surface area contributed by atoms with Crippen molar-refractivity contribution in [2.45, 2.75) is 12.1 Å². The number of aliphatic carboxylic acids is 1. The van der Waals surface area contributed by atoms with Gasteiger partial charge in [-0.25, -0.2) is 0 Å². The molecular formula is C15H16F3NO3S. The van der Waals surface area contributed by atoms with Crippen LogP contribution < -0.4 is 0 Å². The summed E-state index contributed by atoms with van der Waals surface area (Å²) in [6, 6.07) is 8.99. The number of carboxylic acids is 1. The van der Waals surface area contributed by atoms with E-state index in [1.165, 1.54) is 4.90 Å². The zero-order chi connectivity index (χ0) is 17.0. The number of alkyl halides is 3. The van der Waals surface area contributed by atoms with Crippen molar-refractivity contribution in [1.29, 1.82) is 0 Å². The highest BCUT2D eigenvalue weighted by atomic mass is 32.2. The summed E-state index contributed by atoms with van der Waals surface area (Å²) in [6.07, 6.45) is -4.31. The number of hydrogen-bond acceptors (Lipinski definition) is 3. The van der Waals surface area contributed by atoms with E-state index >= 15 is 0 Å². The van der Waals surface area contributed by atoms with Gasteiger partial charge in [-0.2, -0.15) is 13.2 Å². The summed E-state index contributed by atoms with van der Waals surface area (Å²) in [4.78, 5) is 24.8. The van der Waals surface area contributed by atoms with E-state index in [2.05, 4.69) is 0 Å². The van der Waals surface area contributed by atoms with Gasteiger partial charge in [0.25, 0.3) is 0 Å². The SMILES string of the molecule is O=C(O)[C@@H]1CN(C(=O)CSCC(F)(F)F)C[C@@H]1c1ccccc1. The fraction of sp³-hybridized carbons (Fsp3) is 0.467. The third kappa shape index (κ3) is 4.89. The second-order valence-corrected chi connectivity index (χ2v) is 6.35. The number of rotatable bonds is 5. The summed E-state index contributed by atoms with van der Waals surface area (Å²) in [6.45, 7) is 0.243. The minimum atomic E-state index is -4.31.